The molecule has 0 spiro atoms. The topological polar surface area (TPSA) is 51.2 Å². The second kappa shape index (κ2) is 7.93. The molecule has 0 aliphatic heterocycles. The van der Waals surface area contributed by atoms with Gasteiger partial charge >= 0.3 is 0 Å². The van der Waals surface area contributed by atoms with Crippen LogP contribution in [0.2, 0.25) is 0 Å². The summed E-state index contributed by atoms with van der Waals surface area (Å²) < 4.78 is 6.67. The van der Waals surface area contributed by atoms with Gasteiger partial charge in [-0.1, -0.05) is 31.2 Å². The van der Waals surface area contributed by atoms with Gasteiger partial charge in [0.1, 0.15) is 5.75 Å². The third-order valence-corrected chi connectivity index (χ3v) is 4.80. The zero-order chi connectivity index (χ0) is 16.8. The number of benzene rings is 2. The monoisotopic (exact) mass is 340 g/mol. The molecule has 1 N–H and O–H groups in total. The number of hydrogen-bond acceptors (Lipinski definition) is 4. The normalized spacial score (nSPS) is 10.7. The lowest BCUT2D eigenvalue weighted by molar-refractivity contribution is -0.123. The van der Waals surface area contributed by atoms with Crippen LogP contribution in [0.3, 0.4) is 0 Å². The summed E-state index contributed by atoms with van der Waals surface area (Å²) in [5.41, 5.74) is 2.27. The summed E-state index contributed by atoms with van der Waals surface area (Å²) in [6, 6.07) is 15.9. The number of hydrogen-bond donors (Lipinski definition) is 1. The Morgan fingerprint density at radius 3 is 2.71 bits per heavy atom. The molecule has 4 nitrogen and oxygen atoms in total. The SMILES string of the molecule is CCc1ccc(OCC(=O)NCCc2nc3ccccc3s2)cc1. The highest BCUT2D eigenvalue weighted by atomic mass is 32.1. The summed E-state index contributed by atoms with van der Waals surface area (Å²) >= 11 is 1.67. The second-order valence-corrected chi connectivity index (χ2v) is 6.58. The van der Waals surface area contributed by atoms with Gasteiger partial charge in [0, 0.05) is 13.0 Å². The minimum atomic E-state index is -0.115. The fourth-order valence-corrected chi connectivity index (χ4v) is 3.32. The summed E-state index contributed by atoms with van der Waals surface area (Å²) in [5, 5.41) is 3.91. The zero-order valence-corrected chi connectivity index (χ0v) is 14.4. The summed E-state index contributed by atoms with van der Waals surface area (Å²) in [7, 11) is 0. The van der Waals surface area contributed by atoms with Crippen LogP contribution in [-0.4, -0.2) is 24.0 Å². The molecule has 5 heteroatoms. The van der Waals surface area contributed by atoms with E-state index in [0.29, 0.717) is 12.3 Å². The van der Waals surface area contributed by atoms with Crippen LogP contribution in [-0.2, 0) is 17.6 Å². The predicted molar refractivity (Wildman–Crippen MR) is 97.6 cm³/mol. The van der Waals surface area contributed by atoms with Crippen LogP contribution in [0.4, 0.5) is 0 Å². The van der Waals surface area contributed by atoms with Crippen LogP contribution in [0, 0.1) is 0 Å². The number of nitrogens with one attached hydrogen (secondary N) is 1. The summed E-state index contributed by atoms with van der Waals surface area (Å²) in [4.78, 5) is 16.4. The van der Waals surface area contributed by atoms with Crippen molar-refractivity contribution >= 4 is 27.5 Å². The number of nitrogens with zero attached hydrogens (tertiary/aromatic N) is 1. The number of fused-ring (bicyclic) bond motifs is 1. The van der Waals surface area contributed by atoms with E-state index in [1.165, 1.54) is 10.3 Å². The maximum absolute atomic E-state index is 11.8. The quantitative estimate of drug-likeness (QED) is 0.715. The predicted octanol–water partition coefficient (Wildman–Crippen LogP) is 3.60. The summed E-state index contributed by atoms with van der Waals surface area (Å²) in [6.45, 7) is 2.71. The number of rotatable bonds is 7. The third kappa shape index (κ3) is 4.32. The van der Waals surface area contributed by atoms with Gasteiger partial charge in [-0.2, -0.15) is 0 Å². The van der Waals surface area contributed by atoms with E-state index in [1.54, 1.807) is 11.3 Å². The molecule has 0 unspecified atom stereocenters. The number of para-hydroxylation sites is 1. The Hall–Kier alpha value is -2.40. The van der Waals surface area contributed by atoms with Crippen molar-refractivity contribution < 1.29 is 9.53 Å². The smallest absolute Gasteiger partial charge is 0.257 e. The highest BCUT2D eigenvalue weighted by molar-refractivity contribution is 7.18. The minimum absolute atomic E-state index is 0.0331. The number of carbonyl (C=O) groups excluding carboxylic acids is 1. The average Bonchev–Trinajstić information content (AvgIpc) is 3.03. The van der Waals surface area contributed by atoms with Gasteiger partial charge in [-0.05, 0) is 36.2 Å². The van der Waals surface area contributed by atoms with E-state index >= 15 is 0 Å². The van der Waals surface area contributed by atoms with Gasteiger partial charge in [-0.15, -0.1) is 11.3 Å². The van der Waals surface area contributed by atoms with Crippen molar-refractivity contribution in [2.75, 3.05) is 13.2 Å². The fraction of sp³-hybridized carbons (Fsp3) is 0.263. The van der Waals surface area contributed by atoms with Crippen molar-refractivity contribution in [3.63, 3.8) is 0 Å². The van der Waals surface area contributed by atoms with Gasteiger partial charge in [-0.25, -0.2) is 4.98 Å². The van der Waals surface area contributed by atoms with Crippen molar-refractivity contribution in [2.45, 2.75) is 19.8 Å². The van der Waals surface area contributed by atoms with Gasteiger partial charge in [0.2, 0.25) is 0 Å². The first-order valence-corrected chi connectivity index (χ1v) is 8.89. The lowest BCUT2D eigenvalue weighted by atomic mass is 10.2. The lowest BCUT2D eigenvalue weighted by Gasteiger charge is -2.07. The van der Waals surface area contributed by atoms with E-state index in [9.17, 15) is 4.79 Å². The maximum Gasteiger partial charge on any atom is 0.257 e. The molecule has 0 bridgehead atoms. The molecule has 0 saturated carbocycles. The molecule has 0 radical (unpaired) electrons. The van der Waals surface area contributed by atoms with E-state index in [1.807, 2.05) is 42.5 Å². The molecule has 124 valence electrons. The van der Waals surface area contributed by atoms with Gasteiger partial charge in [0.05, 0.1) is 15.2 Å². The first-order chi connectivity index (χ1) is 11.7. The van der Waals surface area contributed by atoms with Crippen molar-refractivity contribution in [3.8, 4) is 5.75 Å². The first-order valence-electron chi connectivity index (χ1n) is 8.07. The Bertz CT molecular complexity index is 779. The molecule has 0 saturated heterocycles. The summed E-state index contributed by atoms with van der Waals surface area (Å²) in [5.74, 6) is 0.601. The number of amides is 1. The first kappa shape index (κ1) is 16.5. The molecule has 24 heavy (non-hydrogen) atoms. The molecule has 3 rings (SSSR count). The van der Waals surface area contributed by atoms with Crippen LogP contribution < -0.4 is 10.1 Å². The van der Waals surface area contributed by atoms with E-state index in [2.05, 4.69) is 23.3 Å². The van der Waals surface area contributed by atoms with E-state index in [0.717, 1.165) is 23.4 Å². The van der Waals surface area contributed by atoms with Crippen molar-refractivity contribution in [3.05, 3.63) is 59.1 Å². The summed E-state index contributed by atoms with van der Waals surface area (Å²) in [6.07, 6.45) is 1.73. The molecule has 3 aromatic rings. The molecular formula is C19H20N2O2S. The molecule has 0 aliphatic carbocycles. The average molecular weight is 340 g/mol. The van der Waals surface area contributed by atoms with Crippen molar-refractivity contribution in [1.29, 1.82) is 0 Å². The van der Waals surface area contributed by atoms with Gasteiger partial charge < -0.3 is 10.1 Å². The Morgan fingerprint density at radius 2 is 1.96 bits per heavy atom. The van der Waals surface area contributed by atoms with Crippen molar-refractivity contribution in [1.82, 2.24) is 10.3 Å². The van der Waals surface area contributed by atoms with Gasteiger partial charge in [0.25, 0.3) is 5.91 Å². The maximum atomic E-state index is 11.8. The molecule has 1 amide bonds. The standard InChI is InChI=1S/C19H20N2O2S/c1-2-14-7-9-15(10-8-14)23-13-18(22)20-12-11-19-21-16-5-3-4-6-17(16)24-19/h3-10H,2,11-13H2,1H3,(H,20,22). The van der Waals surface area contributed by atoms with E-state index in [-0.39, 0.29) is 12.5 Å². The molecule has 0 aliphatic rings. The Morgan fingerprint density at radius 1 is 1.17 bits per heavy atom. The molecule has 2 aromatic carbocycles. The Labute approximate surface area is 145 Å². The van der Waals surface area contributed by atoms with Crippen LogP contribution in [0.15, 0.2) is 48.5 Å². The van der Waals surface area contributed by atoms with Crippen LogP contribution in [0.25, 0.3) is 10.2 Å². The number of aromatic nitrogens is 1. The third-order valence-electron chi connectivity index (χ3n) is 3.70. The van der Waals surface area contributed by atoms with Gasteiger partial charge in [0.15, 0.2) is 6.61 Å². The lowest BCUT2D eigenvalue weighted by Crippen LogP contribution is -2.30. The molecule has 0 atom stereocenters. The Kier molecular flexibility index (Phi) is 5.43. The zero-order valence-electron chi connectivity index (χ0n) is 13.6. The largest absolute Gasteiger partial charge is 0.484 e. The molecule has 0 fully saturated rings. The van der Waals surface area contributed by atoms with Gasteiger partial charge in [-0.3, -0.25) is 4.79 Å². The number of carbonyl (C=O) groups is 1. The number of ether oxygens (including phenoxy) is 1. The van der Waals surface area contributed by atoms with Crippen LogP contribution in [0.1, 0.15) is 17.5 Å². The van der Waals surface area contributed by atoms with Crippen LogP contribution >= 0.6 is 11.3 Å². The number of thiazole rings is 1. The minimum Gasteiger partial charge on any atom is -0.484 e. The van der Waals surface area contributed by atoms with Crippen molar-refractivity contribution in [2.24, 2.45) is 0 Å². The molecule has 1 heterocycles. The molecule has 1 aromatic heterocycles. The van der Waals surface area contributed by atoms with E-state index < -0.39 is 0 Å². The molecular weight excluding hydrogens is 320 g/mol. The fourth-order valence-electron chi connectivity index (χ4n) is 2.36. The Balaban J connectivity index is 1.41. The van der Waals surface area contributed by atoms with E-state index in [4.69, 9.17) is 4.74 Å². The second-order valence-electron chi connectivity index (χ2n) is 5.46. The highest BCUT2D eigenvalue weighted by Crippen LogP contribution is 2.21. The highest BCUT2D eigenvalue weighted by Gasteiger charge is 2.05. The van der Waals surface area contributed by atoms with Crippen LogP contribution in [0.5, 0.6) is 5.75 Å². The number of aryl methyl sites for hydroxylation is 1.